The van der Waals surface area contributed by atoms with E-state index in [0.717, 1.165) is 52.7 Å². The first-order valence-electron chi connectivity index (χ1n) is 10.0. The van der Waals surface area contributed by atoms with Gasteiger partial charge in [-0.1, -0.05) is 75.0 Å². The average Bonchev–Trinajstić information content (AvgIpc) is 2.72. The van der Waals surface area contributed by atoms with Gasteiger partial charge >= 0.3 is 0 Å². The highest BCUT2D eigenvalue weighted by Gasteiger charge is 2.38. The van der Waals surface area contributed by atoms with Crippen LogP contribution in [0, 0.1) is 0 Å². The van der Waals surface area contributed by atoms with Crippen molar-refractivity contribution in [1.29, 1.82) is 0 Å². The zero-order valence-corrected chi connectivity index (χ0v) is 17.6. The third-order valence-corrected chi connectivity index (χ3v) is 6.88. The molecule has 1 aliphatic carbocycles. The van der Waals surface area contributed by atoms with Crippen molar-refractivity contribution in [2.24, 2.45) is 0 Å². The first-order chi connectivity index (χ1) is 13.6. The highest BCUT2D eigenvalue weighted by Crippen LogP contribution is 2.43. The maximum atomic E-state index is 13.9. The number of nitrogens with zero attached hydrogens (tertiary/aromatic N) is 2. The van der Waals surface area contributed by atoms with Gasteiger partial charge < -0.3 is 0 Å². The monoisotopic (exact) mass is 390 g/mol. The highest BCUT2D eigenvalue weighted by atomic mass is 32.2. The molecule has 1 unspecified atom stereocenters. The van der Waals surface area contributed by atoms with Crippen LogP contribution in [0.4, 0.5) is 0 Å². The van der Waals surface area contributed by atoms with Crippen LogP contribution in [-0.2, 0) is 11.8 Å². The van der Waals surface area contributed by atoms with Crippen molar-refractivity contribution in [3.63, 3.8) is 0 Å². The molecule has 144 valence electrons. The molecule has 1 aromatic heterocycles. The Morgan fingerprint density at radius 3 is 2.50 bits per heavy atom. The van der Waals surface area contributed by atoms with Gasteiger partial charge in [-0.3, -0.25) is 9.36 Å². The Balaban J connectivity index is 2.06. The second-order valence-corrected chi connectivity index (χ2v) is 8.75. The lowest BCUT2D eigenvalue weighted by Gasteiger charge is -2.35. The van der Waals surface area contributed by atoms with Crippen LogP contribution in [0.25, 0.3) is 16.9 Å². The minimum Gasteiger partial charge on any atom is -0.268 e. The Kier molecular flexibility index (Phi) is 5.15. The zero-order valence-electron chi connectivity index (χ0n) is 16.7. The van der Waals surface area contributed by atoms with Crippen LogP contribution >= 0.6 is 11.8 Å². The van der Waals surface area contributed by atoms with Gasteiger partial charge in [0, 0.05) is 16.7 Å². The molecule has 2 aromatic carbocycles. The number of benzene rings is 2. The SMILES string of the molecule is CCCSc1nc2c(c(=O)n1-c1ccccc1)C(C)(CC)Cc1ccccc1-2. The van der Waals surface area contributed by atoms with Gasteiger partial charge in [0.2, 0.25) is 0 Å². The van der Waals surface area contributed by atoms with Gasteiger partial charge in [-0.15, -0.1) is 0 Å². The van der Waals surface area contributed by atoms with Gasteiger partial charge in [0.1, 0.15) is 0 Å². The lowest BCUT2D eigenvalue weighted by atomic mass is 9.69. The number of aromatic nitrogens is 2. The van der Waals surface area contributed by atoms with Gasteiger partial charge in [0.05, 0.1) is 16.9 Å². The fourth-order valence-electron chi connectivity index (χ4n) is 4.05. The van der Waals surface area contributed by atoms with Gasteiger partial charge in [-0.05, 0) is 37.0 Å². The number of para-hydroxylation sites is 1. The van der Waals surface area contributed by atoms with Crippen LogP contribution in [0.15, 0.2) is 64.5 Å². The van der Waals surface area contributed by atoms with Crippen LogP contribution in [0.2, 0.25) is 0 Å². The summed E-state index contributed by atoms with van der Waals surface area (Å²) in [6.07, 6.45) is 2.82. The van der Waals surface area contributed by atoms with Gasteiger partial charge in [-0.25, -0.2) is 4.98 Å². The molecule has 1 aliphatic rings. The summed E-state index contributed by atoms with van der Waals surface area (Å²) in [5, 5.41) is 0.784. The van der Waals surface area contributed by atoms with Crippen molar-refractivity contribution in [3.8, 4) is 16.9 Å². The van der Waals surface area contributed by atoms with Crippen molar-refractivity contribution in [2.75, 3.05) is 5.75 Å². The molecule has 0 amide bonds. The van der Waals surface area contributed by atoms with E-state index in [2.05, 4.69) is 39.0 Å². The predicted molar refractivity (Wildman–Crippen MR) is 118 cm³/mol. The summed E-state index contributed by atoms with van der Waals surface area (Å²) in [5.74, 6) is 0.935. The molecule has 0 spiro atoms. The van der Waals surface area contributed by atoms with Crippen LogP contribution in [0.5, 0.6) is 0 Å². The van der Waals surface area contributed by atoms with E-state index < -0.39 is 0 Å². The van der Waals surface area contributed by atoms with Crippen LogP contribution in [-0.4, -0.2) is 15.3 Å². The third kappa shape index (κ3) is 3.10. The number of thioether (sulfide) groups is 1. The van der Waals surface area contributed by atoms with E-state index in [9.17, 15) is 4.79 Å². The number of hydrogen-bond donors (Lipinski definition) is 0. The van der Waals surface area contributed by atoms with Crippen LogP contribution in [0.1, 0.15) is 44.7 Å². The molecule has 3 aromatic rings. The molecule has 3 nitrogen and oxygen atoms in total. The summed E-state index contributed by atoms with van der Waals surface area (Å²) in [6, 6.07) is 18.3. The molecule has 0 saturated carbocycles. The summed E-state index contributed by atoms with van der Waals surface area (Å²) in [4.78, 5) is 19.0. The highest BCUT2D eigenvalue weighted by molar-refractivity contribution is 7.99. The van der Waals surface area contributed by atoms with Crippen molar-refractivity contribution in [1.82, 2.24) is 9.55 Å². The van der Waals surface area contributed by atoms with Crippen LogP contribution < -0.4 is 5.56 Å². The molecule has 0 bridgehead atoms. The van der Waals surface area contributed by atoms with E-state index in [1.54, 1.807) is 11.8 Å². The fraction of sp³-hybridized carbons (Fsp3) is 0.333. The smallest absolute Gasteiger partial charge is 0.263 e. The standard InChI is InChI=1S/C24H26N2OS/c1-4-15-28-23-25-21-19-14-10-9-11-17(19)16-24(3,5-2)20(21)22(27)26(23)18-12-7-6-8-13-18/h6-14H,4-5,15-16H2,1-3H3. The maximum absolute atomic E-state index is 13.9. The molecule has 0 N–H and O–H groups in total. The van der Waals surface area contributed by atoms with Gasteiger partial charge in [-0.2, -0.15) is 0 Å². The predicted octanol–water partition coefficient (Wildman–Crippen LogP) is 5.63. The summed E-state index contributed by atoms with van der Waals surface area (Å²) in [5.41, 5.74) is 4.89. The largest absolute Gasteiger partial charge is 0.268 e. The number of rotatable bonds is 5. The summed E-state index contributed by atoms with van der Waals surface area (Å²) in [6.45, 7) is 6.53. The van der Waals surface area contributed by atoms with Crippen LogP contribution in [0.3, 0.4) is 0 Å². The Morgan fingerprint density at radius 1 is 1.07 bits per heavy atom. The van der Waals surface area contributed by atoms with E-state index in [0.29, 0.717) is 0 Å². The average molecular weight is 391 g/mol. The molecule has 28 heavy (non-hydrogen) atoms. The first kappa shape index (κ1) is 19.0. The minimum absolute atomic E-state index is 0.0775. The lowest BCUT2D eigenvalue weighted by Crippen LogP contribution is -2.39. The second kappa shape index (κ2) is 7.59. The molecular formula is C24H26N2OS. The molecule has 4 rings (SSSR count). The van der Waals surface area contributed by atoms with Gasteiger partial charge in [0.15, 0.2) is 5.16 Å². The summed E-state index contributed by atoms with van der Waals surface area (Å²) < 4.78 is 1.82. The Hall–Kier alpha value is -2.33. The normalized spacial score (nSPS) is 17.8. The molecule has 0 radical (unpaired) electrons. The number of fused-ring (bicyclic) bond motifs is 3. The third-order valence-electron chi connectivity index (χ3n) is 5.74. The fourth-order valence-corrected chi connectivity index (χ4v) is 4.91. The van der Waals surface area contributed by atoms with E-state index in [4.69, 9.17) is 4.98 Å². The Bertz CT molecular complexity index is 1060. The van der Waals surface area contributed by atoms with E-state index in [1.165, 1.54) is 5.56 Å². The zero-order chi connectivity index (χ0) is 19.7. The minimum atomic E-state index is -0.210. The topological polar surface area (TPSA) is 34.9 Å². The van der Waals surface area contributed by atoms with Crippen molar-refractivity contribution < 1.29 is 0 Å². The molecule has 0 fully saturated rings. The molecule has 0 saturated heterocycles. The van der Waals surface area contributed by atoms with E-state index in [-0.39, 0.29) is 11.0 Å². The second-order valence-electron chi connectivity index (χ2n) is 7.69. The lowest BCUT2D eigenvalue weighted by molar-refractivity contribution is 0.435. The summed E-state index contributed by atoms with van der Waals surface area (Å²) >= 11 is 1.66. The summed E-state index contributed by atoms with van der Waals surface area (Å²) in [7, 11) is 0. The maximum Gasteiger partial charge on any atom is 0.263 e. The molecule has 4 heteroatoms. The van der Waals surface area contributed by atoms with E-state index >= 15 is 0 Å². The molecular weight excluding hydrogens is 364 g/mol. The molecule has 1 heterocycles. The first-order valence-corrected chi connectivity index (χ1v) is 11.0. The quantitative estimate of drug-likeness (QED) is 0.418. The van der Waals surface area contributed by atoms with Gasteiger partial charge in [0.25, 0.3) is 5.56 Å². The molecule has 0 aliphatic heterocycles. The van der Waals surface area contributed by atoms with Crippen molar-refractivity contribution >= 4 is 11.8 Å². The molecule has 1 atom stereocenters. The van der Waals surface area contributed by atoms with E-state index in [1.807, 2.05) is 41.0 Å². The Morgan fingerprint density at radius 2 is 1.79 bits per heavy atom. The number of hydrogen-bond acceptors (Lipinski definition) is 3. The Labute approximate surface area is 170 Å². The van der Waals surface area contributed by atoms with Crippen molar-refractivity contribution in [2.45, 2.75) is 50.6 Å². The van der Waals surface area contributed by atoms with Crippen molar-refractivity contribution in [3.05, 3.63) is 76.1 Å².